The van der Waals surface area contributed by atoms with Gasteiger partial charge in [0.1, 0.15) is 0 Å². The number of nitrogens with zero attached hydrogens (tertiary/aromatic N) is 1. The zero-order chi connectivity index (χ0) is 21.1. The predicted octanol–water partition coefficient (Wildman–Crippen LogP) is 6.05. The van der Waals surface area contributed by atoms with E-state index >= 15 is 0 Å². The maximum atomic E-state index is 9.58. The summed E-state index contributed by atoms with van der Waals surface area (Å²) in [5, 5.41) is 13.0. The third-order valence-corrected chi connectivity index (χ3v) is 13.0. The molecule has 0 heterocycles. The number of halogens is 1. The standard InChI is InChI=1S/C27H23ClNP/c1-22-17-18-23(19-24(22)20-29)21-30(28,25-11-5-2-6-12-25,26-13-7-3-8-14-26)27-15-9-4-10-16-27/h2-19H,21H2,1H3. The van der Waals surface area contributed by atoms with Gasteiger partial charge in [0.15, 0.2) is 0 Å². The van der Waals surface area contributed by atoms with Crippen LogP contribution in [-0.4, -0.2) is 0 Å². The summed E-state index contributed by atoms with van der Waals surface area (Å²) in [6, 6.07) is 39.7. The molecule has 0 spiro atoms. The molecule has 30 heavy (non-hydrogen) atoms. The van der Waals surface area contributed by atoms with E-state index in [0.29, 0.717) is 11.7 Å². The molecule has 3 heteroatoms. The second-order valence-corrected chi connectivity index (χ2v) is 14.1. The van der Waals surface area contributed by atoms with E-state index in [4.69, 9.17) is 11.2 Å². The van der Waals surface area contributed by atoms with Gasteiger partial charge in [-0.05, 0) is 0 Å². The van der Waals surface area contributed by atoms with Crippen LogP contribution < -0.4 is 15.9 Å². The van der Waals surface area contributed by atoms with E-state index in [-0.39, 0.29) is 0 Å². The first kappa shape index (κ1) is 20.4. The van der Waals surface area contributed by atoms with E-state index in [9.17, 15) is 5.26 Å². The Morgan fingerprint density at radius 3 is 1.53 bits per heavy atom. The molecule has 1 nitrogen and oxygen atoms in total. The molecule has 0 bridgehead atoms. The van der Waals surface area contributed by atoms with Gasteiger partial charge in [0.05, 0.1) is 0 Å². The van der Waals surface area contributed by atoms with Gasteiger partial charge in [-0.2, -0.15) is 0 Å². The Bertz CT molecular complexity index is 1100. The normalized spacial score (nSPS) is 12.5. The van der Waals surface area contributed by atoms with Crippen LogP contribution in [0.4, 0.5) is 0 Å². The van der Waals surface area contributed by atoms with E-state index in [2.05, 4.69) is 84.9 Å². The molecule has 0 aliphatic rings. The van der Waals surface area contributed by atoms with E-state index in [1.54, 1.807) is 0 Å². The van der Waals surface area contributed by atoms with Gasteiger partial charge >= 0.3 is 183 Å². The topological polar surface area (TPSA) is 23.8 Å². The number of hydrogen-bond acceptors (Lipinski definition) is 1. The molecule has 0 aromatic heterocycles. The van der Waals surface area contributed by atoms with Gasteiger partial charge in [-0.25, -0.2) is 0 Å². The zero-order valence-electron chi connectivity index (χ0n) is 16.9. The van der Waals surface area contributed by atoms with Gasteiger partial charge in [0, 0.05) is 0 Å². The Balaban J connectivity index is 2.08. The van der Waals surface area contributed by atoms with Crippen LogP contribution >= 0.6 is 17.2 Å². The first-order chi connectivity index (χ1) is 14.6. The Hall–Kier alpha value is -2.91. The summed E-state index contributed by atoms with van der Waals surface area (Å²) in [7, 11) is 0. The molecule has 4 aromatic rings. The molecule has 0 aliphatic carbocycles. The van der Waals surface area contributed by atoms with Gasteiger partial charge in [0.25, 0.3) is 0 Å². The first-order valence-corrected chi connectivity index (χ1v) is 13.3. The summed E-state index contributed by atoms with van der Waals surface area (Å²) < 4.78 is 0. The van der Waals surface area contributed by atoms with Crippen LogP contribution in [0.5, 0.6) is 0 Å². The molecule has 0 N–H and O–H groups in total. The number of hydrogen-bond donors (Lipinski definition) is 0. The van der Waals surface area contributed by atoms with Gasteiger partial charge in [-0.3, -0.25) is 0 Å². The van der Waals surface area contributed by atoms with Crippen LogP contribution in [-0.2, 0) is 6.16 Å². The van der Waals surface area contributed by atoms with Crippen LogP contribution in [0.25, 0.3) is 0 Å². The van der Waals surface area contributed by atoms with Crippen LogP contribution in [0.2, 0.25) is 0 Å². The quantitative estimate of drug-likeness (QED) is 0.356. The zero-order valence-corrected chi connectivity index (χ0v) is 18.5. The van der Waals surface area contributed by atoms with Crippen LogP contribution in [0.1, 0.15) is 16.7 Å². The second kappa shape index (κ2) is 8.08. The first-order valence-electron chi connectivity index (χ1n) is 9.95. The van der Waals surface area contributed by atoms with E-state index in [1.807, 2.05) is 37.3 Å². The van der Waals surface area contributed by atoms with E-state index in [0.717, 1.165) is 27.0 Å². The minimum absolute atomic E-state index is 0.639. The minimum atomic E-state index is -3.37. The summed E-state index contributed by atoms with van der Waals surface area (Å²) in [5.41, 5.74) is 2.75. The van der Waals surface area contributed by atoms with Gasteiger partial charge in [0.2, 0.25) is 0 Å². The van der Waals surface area contributed by atoms with Crippen molar-refractivity contribution in [1.29, 1.82) is 5.26 Å². The number of nitriles is 1. The van der Waals surface area contributed by atoms with Crippen molar-refractivity contribution in [3.63, 3.8) is 0 Å². The van der Waals surface area contributed by atoms with Crippen LogP contribution in [0.3, 0.4) is 0 Å². The van der Waals surface area contributed by atoms with Gasteiger partial charge < -0.3 is 0 Å². The van der Waals surface area contributed by atoms with Crippen molar-refractivity contribution in [3.8, 4) is 6.07 Å². The number of aryl methyl sites for hydroxylation is 1. The van der Waals surface area contributed by atoms with E-state index in [1.165, 1.54) is 0 Å². The summed E-state index contributed by atoms with van der Waals surface area (Å²) in [5.74, 6) is -3.37. The molecule has 0 atom stereocenters. The average molecular weight is 428 g/mol. The summed E-state index contributed by atoms with van der Waals surface area (Å²) in [4.78, 5) is 0. The van der Waals surface area contributed by atoms with Crippen molar-refractivity contribution in [2.45, 2.75) is 13.1 Å². The SMILES string of the molecule is Cc1ccc(CP(Cl)(c2ccccc2)(c2ccccc2)c2ccccc2)cc1C#N. The fraction of sp³-hybridized carbons (Fsp3) is 0.0741. The van der Waals surface area contributed by atoms with Crippen molar-refractivity contribution < 1.29 is 0 Å². The van der Waals surface area contributed by atoms with Crippen molar-refractivity contribution in [2.24, 2.45) is 0 Å². The second-order valence-electron chi connectivity index (χ2n) is 7.61. The predicted molar refractivity (Wildman–Crippen MR) is 131 cm³/mol. The summed E-state index contributed by atoms with van der Waals surface area (Å²) in [6.45, 7) is 1.97. The molecule has 0 amide bonds. The average Bonchev–Trinajstić information content (AvgIpc) is 2.82. The molecule has 4 aromatic carbocycles. The van der Waals surface area contributed by atoms with E-state index < -0.39 is 5.96 Å². The monoisotopic (exact) mass is 427 g/mol. The van der Waals surface area contributed by atoms with Gasteiger partial charge in [-0.1, -0.05) is 0 Å². The maximum absolute atomic E-state index is 9.58. The fourth-order valence-electron chi connectivity index (χ4n) is 4.17. The van der Waals surface area contributed by atoms with Crippen molar-refractivity contribution in [2.75, 3.05) is 0 Å². The molecule has 0 aliphatic heterocycles. The molecule has 0 unspecified atom stereocenters. The Kier molecular flexibility index (Phi) is 5.48. The molecular weight excluding hydrogens is 405 g/mol. The molecule has 4 rings (SSSR count). The molecule has 0 saturated carbocycles. The molecule has 0 radical (unpaired) electrons. The number of benzene rings is 4. The van der Waals surface area contributed by atoms with Crippen LogP contribution in [0.15, 0.2) is 109 Å². The number of rotatable bonds is 5. The third-order valence-electron chi connectivity index (χ3n) is 5.79. The molecule has 148 valence electrons. The summed E-state index contributed by atoms with van der Waals surface area (Å²) in [6.07, 6.45) is 0.639. The third kappa shape index (κ3) is 3.33. The van der Waals surface area contributed by atoms with Crippen LogP contribution in [0, 0.1) is 18.3 Å². The Labute approximate surface area is 183 Å². The fourth-order valence-corrected chi connectivity index (χ4v) is 10.3. The van der Waals surface area contributed by atoms with Crippen molar-refractivity contribution in [1.82, 2.24) is 0 Å². The Morgan fingerprint density at radius 1 is 0.700 bits per heavy atom. The van der Waals surface area contributed by atoms with Gasteiger partial charge in [-0.15, -0.1) is 0 Å². The molecule has 0 saturated heterocycles. The van der Waals surface area contributed by atoms with Crippen molar-refractivity contribution >= 4 is 33.1 Å². The molecular formula is C27H23ClNP. The molecule has 0 fully saturated rings. The van der Waals surface area contributed by atoms with Crippen molar-refractivity contribution in [3.05, 3.63) is 126 Å². The Morgan fingerprint density at radius 2 is 1.13 bits per heavy atom. The summed E-state index contributed by atoms with van der Waals surface area (Å²) >= 11 is 8.09.